The Morgan fingerprint density at radius 2 is 2.23 bits per heavy atom. The second-order valence-corrected chi connectivity index (χ2v) is 7.27. The summed E-state index contributed by atoms with van der Waals surface area (Å²) in [4.78, 5) is 22.5. The molecule has 0 unspecified atom stereocenters. The van der Waals surface area contributed by atoms with Crippen LogP contribution in [0.15, 0.2) is 11.2 Å². The predicted octanol–water partition coefficient (Wildman–Crippen LogP) is 2.96. The Labute approximate surface area is 140 Å². The SMILES string of the molecule is CSc1nc(Cl)cc(N2CC[C@H](NC(=O)OC(C)(C)C)C2)n1. The fourth-order valence-electron chi connectivity index (χ4n) is 2.20. The van der Waals surface area contributed by atoms with Gasteiger partial charge in [-0.25, -0.2) is 14.8 Å². The van der Waals surface area contributed by atoms with Crippen LogP contribution in [0.1, 0.15) is 27.2 Å². The summed E-state index contributed by atoms with van der Waals surface area (Å²) < 4.78 is 5.28. The van der Waals surface area contributed by atoms with Crippen LogP contribution in [0.3, 0.4) is 0 Å². The van der Waals surface area contributed by atoms with E-state index in [-0.39, 0.29) is 12.1 Å². The van der Waals surface area contributed by atoms with E-state index < -0.39 is 5.60 Å². The first-order valence-corrected chi connectivity index (χ1v) is 8.70. The van der Waals surface area contributed by atoms with Crippen LogP contribution < -0.4 is 10.2 Å². The fourth-order valence-corrected chi connectivity index (χ4v) is 2.80. The number of nitrogens with one attached hydrogen (secondary N) is 1. The number of aromatic nitrogens is 2. The Morgan fingerprint density at radius 3 is 2.86 bits per heavy atom. The smallest absolute Gasteiger partial charge is 0.407 e. The molecule has 1 N–H and O–H groups in total. The molecule has 0 aliphatic carbocycles. The zero-order valence-corrected chi connectivity index (χ0v) is 14.8. The van der Waals surface area contributed by atoms with Gasteiger partial charge in [-0.2, -0.15) is 0 Å². The quantitative estimate of drug-likeness (QED) is 0.516. The first-order valence-electron chi connectivity index (χ1n) is 7.10. The molecule has 0 saturated carbocycles. The fraction of sp³-hybridized carbons (Fsp3) is 0.643. The molecule has 1 aromatic rings. The number of amides is 1. The van der Waals surface area contributed by atoms with Crippen LogP contribution >= 0.6 is 23.4 Å². The van der Waals surface area contributed by atoms with Crippen molar-refractivity contribution in [3.05, 3.63) is 11.2 Å². The van der Waals surface area contributed by atoms with Crippen molar-refractivity contribution in [3.63, 3.8) is 0 Å². The van der Waals surface area contributed by atoms with Gasteiger partial charge in [0.25, 0.3) is 0 Å². The van der Waals surface area contributed by atoms with Crippen LogP contribution in [0.5, 0.6) is 0 Å². The van der Waals surface area contributed by atoms with Crippen molar-refractivity contribution in [2.75, 3.05) is 24.2 Å². The van der Waals surface area contributed by atoms with Gasteiger partial charge in [0.2, 0.25) is 0 Å². The summed E-state index contributed by atoms with van der Waals surface area (Å²) in [6, 6.07) is 1.79. The van der Waals surface area contributed by atoms with Gasteiger partial charge in [-0.15, -0.1) is 0 Å². The number of thioether (sulfide) groups is 1. The predicted molar refractivity (Wildman–Crippen MR) is 88.8 cm³/mol. The van der Waals surface area contributed by atoms with Crippen molar-refractivity contribution in [3.8, 4) is 0 Å². The Hall–Kier alpha value is -1.21. The molecule has 2 heterocycles. The first-order chi connectivity index (χ1) is 10.3. The number of carbonyl (C=O) groups excluding carboxylic acids is 1. The van der Waals surface area contributed by atoms with Crippen molar-refractivity contribution in [1.29, 1.82) is 0 Å². The number of alkyl carbamates (subject to hydrolysis) is 1. The molecule has 122 valence electrons. The molecule has 0 radical (unpaired) electrons. The van der Waals surface area contributed by atoms with E-state index in [2.05, 4.69) is 20.2 Å². The number of ether oxygens (including phenoxy) is 1. The molecule has 1 saturated heterocycles. The summed E-state index contributed by atoms with van der Waals surface area (Å²) in [5, 5.41) is 3.97. The molecule has 0 aromatic carbocycles. The standard InChI is InChI=1S/C14H21ClN4O2S/c1-14(2,3)21-13(20)16-9-5-6-19(8-9)11-7-10(15)17-12(18-11)22-4/h7,9H,5-6,8H2,1-4H3,(H,16,20)/t9-/m0/s1. The monoisotopic (exact) mass is 344 g/mol. The van der Waals surface area contributed by atoms with E-state index in [1.165, 1.54) is 11.8 Å². The van der Waals surface area contributed by atoms with Crippen LogP contribution in [0, 0.1) is 0 Å². The molecule has 2 rings (SSSR count). The van der Waals surface area contributed by atoms with Gasteiger partial charge in [0.05, 0.1) is 6.04 Å². The first kappa shape index (κ1) is 17.1. The van der Waals surface area contributed by atoms with E-state index in [1.807, 2.05) is 27.0 Å². The van der Waals surface area contributed by atoms with Crippen LogP contribution in [0.4, 0.5) is 10.6 Å². The summed E-state index contributed by atoms with van der Waals surface area (Å²) in [6.45, 7) is 7.03. The van der Waals surface area contributed by atoms with Gasteiger partial charge >= 0.3 is 6.09 Å². The maximum absolute atomic E-state index is 11.8. The molecule has 8 heteroatoms. The average molecular weight is 345 g/mol. The largest absolute Gasteiger partial charge is 0.444 e. The Bertz CT molecular complexity index is 550. The van der Waals surface area contributed by atoms with E-state index >= 15 is 0 Å². The van der Waals surface area contributed by atoms with Gasteiger partial charge in [-0.05, 0) is 33.4 Å². The topological polar surface area (TPSA) is 67.4 Å². The molecular formula is C14H21ClN4O2S. The van der Waals surface area contributed by atoms with Crippen molar-refractivity contribution < 1.29 is 9.53 Å². The third-order valence-electron chi connectivity index (χ3n) is 3.08. The molecule has 6 nitrogen and oxygen atoms in total. The zero-order valence-electron chi connectivity index (χ0n) is 13.2. The molecule has 1 aliphatic rings. The van der Waals surface area contributed by atoms with Gasteiger partial charge in [0.1, 0.15) is 16.6 Å². The average Bonchev–Trinajstić information content (AvgIpc) is 2.84. The summed E-state index contributed by atoms with van der Waals surface area (Å²) in [7, 11) is 0. The van der Waals surface area contributed by atoms with Gasteiger partial charge < -0.3 is 15.0 Å². The number of halogens is 1. The second-order valence-electron chi connectivity index (χ2n) is 6.11. The number of nitrogens with zero attached hydrogens (tertiary/aromatic N) is 3. The van der Waals surface area contributed by atoms with Crippen LogP contribution in [-0.4, -0.2) is 47.0 Å². The summed E-state index contributed by atoms with van der Waals surface area (Å²) >= 11 is 7.47. The van der Waals surface area contributed by atoms with Crippen LogP contribution in [0.25, 0.3) is 0 Å². The highest BCUT2D eigenvalue weighted by atomic mass is 35.5. The van der Waals surface area contributed by atoms with E-state index in [1.54, 1.807) is 6.07 Å². The van der Waals surface area contributed by atoms with E-state index in [0.29, 0.717) is 16.9 Å². The van der Waals surface area contributed by atoms with Crippen molar-refractivity contribution >= 4 is 35.3 Å². The minimum absolute atomic E-state index is 0.0429. The highest BCUT2D eigenvalue weighted by Crippen LogP contribution is 2.23. The summed E-state index contributed by atoms with van der Waals surface area (Å²) in [6.07, 6.45) is 2.37. The van der Waals surface area contributed by atoms with Gasteiger partial charge in [-0.3, -0.25) is 0 Å². The number of hydrogen-bond donors (Lipinski definition) is 1. The molecule has 1 atom stereocenters. The molecule has 1 aromatic heterocycles. The van der Waals surface area contributed by atoms with Gasteiger partial charge in [-0.1, -0.05) is 23.4 Å². The second kappa shape index (κ2) is 6.91. The molecule has 1 amide bonds. The minimum atomic E-state index is -0.490. The van der Waals surface area contributed by atoms with Gasteiger partial charge in [0, 0.05) is 19.2 Å². The number of anilines is 1. The lowest BCUT2D eigenvalue weighted by molar-refractivity contribution is 0.0509. The van der Waals surface area contributed by atoms with Crippen molar-refractivity contribution in [2.24, 2.45) is 0 Å². The number of hydrogen-bond acceptors (Lipinski definition) is 6. The summed E-state index contributed by atoms with van der Waals surface area (Å²) in [5.74, 6) is 0.790. The van der Waals surface area contributed by atoms with E-state index in [0.717, 1.165) is 18.8 Å². The Balaban J connectivity index is 1.95. The molecule has 0 spiro atoms. The lowest BCUT2D eigenvalue weighted by atomic mass is 10.2. The zero-order chi connectivity index (χ0) is 16.3. The Morgan fingerprint density at radius 1 is 1.50 bits per heavy atom. The highest BCUT2D eigenvalue weighted by molar-refractivity contribution is 7.98. The van der Waals surface area contributed by atoms with Crippen LogP contribution in [0.2, 0.25) is 5.15 Å². The highest BCUT2D eigenvalue weighted by Gasteiger charge is 2.27. The van der Waals surface area contributed by atoms with Crippen molar-refractivity contribution in [1.82, 2.24) is 15.3 Å². The number of rotatable bonds is 3. The maximum Gasteiger partial charge on any atom is 0.407 e. The van der Waals surface area contributed by atoms with Crippen molar-refractivity contribution in [2.45, 2.75) is 44.0 Å². The number of carbonyl (C=O) groups is 1. The third kappa shape index (κ3) is 4.91. The van der Waals surface area contributed by atoms with E-state index in [4.69, 9.17) is 16.3 Å². The third-order valence-corrected chi connectivity index (χ3v) is 3.82. The summed E-state index contributed by atoms with van der Waals surface area (Å²) in [5.41, 5.74) is -0.490. The van der Waals surface area contributed by atoms with E-state index in [9.17, 15) is 4.79 Å². The molecular weight excluding hydrogens is 324 g/mol. The maximum atomic E-state index is 11.8. The minimum Gasteiger partial charge on any atom is -0.444 e. The normalized spacial score (nSPS) is 18.4. The molecule has 1 aliphatic heterocycles. The van der Waals surface area contributed by atoms with Gasteiger partial charge in [0.15, 0.2) is 5.16 Å². The Kier molecular flexibility index (Phi) is 5.39. The lowest BCUT2D eigenvalue weighted by Crippen LogP contribution is -2.40. The molecule has 0 bridgehead atoms. The lowest BCUT2D eigenvalue weighted by Gasteiger charge is -2.22. The molecule has 22 heavy (non-hydrogen) atoms. The molecule has 1 fully saturated rings. The van der Waals surface area contributed by atoms with Crippen LogP contribution in [-0.2, 0) is 4.74 Å².